The normalized spacial score (nSPS) is 21.8. The van der Waals surface area contributed by atoms with Crippen LogP contribution in [0.3, 0.4) is 0 Å². The molecule has 1 aromatic rings. The molecule has 22 heavy (non-hydrogen) atoms. The molecule has 1 saturated heterocycles. The first kappa shape index (κ1) is 16.9. The Morgan fingerprint density at radius 2 is 2.18 bits per heavy atom. The summed E-state index contributed by atoms with van der Waals surface area (Å²) < 4.78 is 10.2. The Labute approximate surface area is 133 Å². The van der Waals surface area contributed by atoms with E-state index in [1.54, 1.807) is 12.0 Å². The molecule has 0 radical (unpaired) electrons. The van der Waals surface area contributed by atoms with Gasteiger partial charge in [-0.3, -0.25) is 9.59 Å². The van der Waals surface area contributed by atoms with Crippen LogP contribution in [0.25, 0.3) is 0 Å². The lowest BCUT2D eigenvalue weighted by Crippen LogP contribution is -2.52. The van der Waals surface area contributed by atoms with Crippen molar-refractivity contribution in [3.63, 3.8) is 0 Å². The summed E-state index contributed by atoms with van der Waals surface area (Å²) in [4.78, 5) is 26.6. The van der Waals surface area contributed by atoms with Gasteiger partial charge in [0.05, 0.1) is 18.1 Å². The number of carbonyl (C=O) groups excluding carboxylic acids is 1. The third-order valence-electron chi connectivity index (χ3n) is 3.98. The molecular weight excluding hydrogens is 306 g/mol. The molecule has 122 valence electrons. The van der Waals surface area contributed by atoms with Crippen LogP contribution in [-0.4, -0.2) is 55.8 Å². The molecule has 0 aromatic carbocycles. The van der Waals surface area contributed by atoms with Crippen LogP contribution in [0.4, 0.5) is 0 Å². The molecule has 1 aromatic heterocycles. The van der Waals surface area contributed by atoms with Crippen LogP contribution < -0.4 is 0 Å². The molecule has 2 heterocycles. The highest BCUT2D eigenvalue weighted by Crippen LogP contribution is 2.32. The van der Waals surface area contributed by atoms with E-state index in [0.717, 1.165) is 5.56 Å². The second kappa shape index (κ2) is 7.21. The summed E-state index contributed by atoms with van der Waals surface area (Å²) in [7, 11) is 3.07. The molecular formula is C15H21NO5S. The van der Waals surface area contributed by atoms with Crippen molar-refractivity contribution in [1.82, 2.24) is 4.90 Å². The standard InChI is InChI=1S/C15H21NO5S/c1-20-8-11-4-7-22-12(11)13(17)16-6-3-5-15(9-16,10-21-2)14(18)19/h4,7H,3,5-6,8-10H2,1-2H3,(H,18,19). The van der Waals surface area contributed by atoms with E-state index in [1.807, 2.05) is 11.4 Å². The summed E-state index contributed by atoms with van der Waals surface area (Å²) >= 11 is 1.36. The number of nitrogens with zero attached hydrogens (tertiary/aromatic N) is 1. The predicted molar refractivity (Wildman–Crippen MR) is 82.1 cm³/mol. The molecule has 7 heteroatoms. The lowest BCUT2D eigenvalue weighted by Gasteiger charge is -2.39. The van der Waals surface area contributed by atoms with Gasteiger partial charge in [0.25, 0.3) is 5.91 Å². The van der Waals surface area contributed by atoms with E-state index in [4.69, 9.17) is 9.47 Å². The number of carboxylic acids is 1. The SMILES string of the molecule is COCc1ccsc1C(=O)N1CCCC(COC)(C(=O)O)C1. The molecule has 2 rings (SSSR count). The minimum absolute atomic E-state index is 0.113. The molecule has 1 aliphatic heterocycles. The van der Waals surface area contributed by atoms with Crippen molar-refractivity contribution in [3.8, 4) is 0 Å². The maximum absolute atomic E-state index is 12.7. The lowest BCUT2D eigenvalue weighted by molar-refractivity contribution is -0.155. The number of hydrogen-bond donors (Lipinski definition) is 1. The first-order valence-corrected chi connectivity index (χ1v) is 7.99. The van der Waals surface area contributed by atoms with Crippen LogP contribution in [0, 0.1) is 5.41 Å². The van der Waals surface area contributed by atoms with E-state index in [1.165, 1.54) is 18.4 Å². The number of likely N-dealkylation sites (tertiary alicyclic amines) is 1. The topological polar surface area (TPSA) is 76.1 Å². The van der Waals surface area contributed by atoms with E-state index < -0.39 is 11.4 Å². The van der Waals surface area contributed by atoms with E-state index in [-0.39, 0.29) is 19.1 Å². The van der Waals surface area contributed by atoms with Crippen LogP contribution in [0.2, 0.25) is 0 Å². The number of carbonyl (C=O) groups is 2. The Hall–Kier alpha value is -1.44. The molecule has 0 aliphatic carbocycles. The number of thiophene rings is 1. The van der Waals surface area contributed by atoms with Crippen molar-refractivity contribution in [1.29, 1.82) is 0 Å². The molecule has 0 saturated carbocycles. The fourth-order valence-electron chi connectivity index (χ4n) is 2.87. The molecule has 1 amide bonds. The highest BCUT2D eigenvalue weighted by Gasteiger charge is 2.44. The van der Waals surface area contributed by atoms with Crippen molar-refractivity contribution >= 4 is 23.2 Å². The highest BCUT2D eigenvalue weighted by atomic mass is 32.1. The third-order valence-corrected chi connectivity index (χ3v) is 4.92. The molecule has 0 bridgehead atoms. The first-order chi connectivity index (χ1) is 10.5. The number of methoxy groups -OCH3 is 2. The second-order valence-corrected chi connectivity index (χ2v) is 6.47. The summed E-state index contributed by atoms with van der Waals surface area (Å²) in [6, 6.07) is 1.87. The monoisotopic (exact) mass is 327 g/mol. The summed E-state index contributed by atoms with van der Waals surface area (Å²) in [5, 5.41) is 11.4. The zero-order valence-corrected chi connectivity index (χ0v) is 13.6. The van der Waals surface area contributed by atoms with Crippen LogP contribution in [0.15, 0.2) is 11.4 Å². The Bertz CT molecular complexity index is 540. The summed E-state index contributed by atoms with van der Waals surface area (Å²) in [6.07, 6.45) is 1.18. The fraction of sp³-hybridized carbons (Fsp3) is 0.600. The van der Waals surface area contributed by atoms with Crippen LogP contribution >= 0.6 is 11.3 Å². The lowest BCUT2D eigenvalue weighted by atomic mass is 9.80. The number of rotatable bonds is 6. The molecule has 1 fully saturated rings. The van der Waals surface area contributed by atoms with Gasteiger partial charge in [-0.25, -0.2) is 0 Å². The number of piperidine rings is 1. The second-order valence-electron chi connectivity index (χ2n) is 5.56. The van der Waals surface area contributed by atoms with Gasteiger partial charge in [-0.2, -0.15) is 0 Å². The van der Waals surface area contributed by atoms with Gasteiger partial charge in [0.15, 0.2) is 0 Å². The number of amides is 1. The summed E-state index contributed by atoms with van der Waals surface area (Å²) in [5.41, 5.74) is -0.169. The Morgan fingerprint density at radius 1 is 1.41 bits per heavy atom. The molecule has 0 spiro atoms. The molecule has 1 N–H and O–H groups in total. The number of hydrogen-bond acceptors (Lipinski definition) is 5. The van der Waals surface area contributed by atoms with Crippen molar-refractivity contribution in [3.05, 3.63) is 21.9 Å². The molecule has 1 unspecified atom stereocenters. The minimum atomic E-state index is -1.01. The smallest absolute Gasteiger partial charge is 0.313 e. The van der Waals surface area contributed by atoms with Gasteiger partial charge >= 0.3 is 5.97 Å². The van der Waals surface area contributed by atoms with Crippen LogP contribution in [0.5, 0.6) is 0 Å². The average Bonchev–Trinajstić information content (AvgIpc) is 2.95. The first-order valence-electron chi connectivity index (χ1n) is 7.11. The van der Waals surface area contributed by atoms with E-state index >= 15 is 0 Å². The summed E-state index contributed by atoms with van der Waals surface area (Å²) in [6.45, 7) is 1.24. The van der Waals surface area contributed by atoms with Crippen molar-refractivity contribution in [2.45, 2.75) is 19.4 Å². The average molecular weight is 327 g/mol. The number of carboxylic acid groups (broad SMARTS) is 1. The van der Waals surface area contributed by atoms with Gasteiger partial charge < -0.3 is 19.5 Å². The van der Waals surface area contributed by atoms with Crippen molar-refractivity contribution in [2.75, 3.05) is 33.9 Å². The third kappa shape index (κ3) is 3.31. The van der Waals surface area contributed by atoms with Crippen molar-refractivity contribution in [2.24, 2.45) is 5.41 Å². The van der Waals surface area contributed by atoms with E-state index in [0.29, 0.717) is 30.9 Å². The number of aliphatic carboxylic acids is 1. The van der Waals surface area contributed by atoms with Gasteiger partial charge in [-0.1, -0.05) is 0 Å². The fourth-order valence-corrected chi connectivity index (χ4v) is 3.75. The molecule has 1 atom stereocenters. The zero-order chi connectivity index (χ0) is 16.2. The van der Waals surface area contributed by atoms with Gasteiger partial charge in [0.2, 0.25) is 0 Å². The van der Waals surface area contributed by atoms with Gasteiger partial charge in [-0.15, -0.1) is 11.3 Å². The quantitative estimate of drug-likeness (QED) is 0.863. The van der Waals surface area contributed by atoms with Crippen LogP contribution in [0.1, 0.15) is 28.1 Å². The maximum atomic E-state index is 12.7. The maximum Gasteiger partial charge on any atom is 0.313 e. The van der Waals surface area contributed by atoms with Crippen molar-refractivity contribution < 1.29 is 24.2 Å². The Balaban J connectivity index is 2.19. The van der Waals surface area contributed by atoms with E-state index in [2.05, 4.69) is 0 Å². The van der Waals surface area contributed by atoms with Gasteiger partial charge in [0, 0.05) is 32.9 Å². The number of ether oxygens (including phenoxy) is 2. The predicted octanol–water partition coefficient (Wildman–Crippen LogP) is 1.85. The summed E-state index contributed by atoms with van der Waals surface area (Å²) in [5.74, 6) is -1.03. The Kier molecular flexibility index (Phi) is 5.55. The molecule has 6 nitrogen and oxygen atoms in total. The largest absolute Gasteiger partial charge is 0.481 e. The van der Waals surface area contributed by atoms with Gasteiger partial charge in [-0.05, 0) is 24.3 Å². The van der Waals surface area contributed by atoms with E-state index in [9.17, 15) is 14.7 Å². The van der Waals surface area contributed by atoms with Crippen LogP contribution in [-0.2, 0) is 20.9 Å². The zero-order valence-electron chi connectivity index (χ0n) is 12.8. The molecule has 1 aliphatic rings. The highest BCUT2D eigenvalue weighted by molar-refractivity contribution is 7.12. The van der Waals surface area contributed by atoms with Gasteiger partial charge in [0.1, 0.15) is 5.41 Å². The minimum Gasteiger partial charge on any atom is -0.481 e. The Morgan fingerprint density at radius 3 is 2.82 bits per heavy atom.